The molecule has 1 atom stereocenters. The molecule has 8 heteroatoms. The fourth-order valence-corrected chi connectivity index (χ4v) is 2.85. The molecule has 2 heterocycles. The summed E-state index contributed by atoms with van der Waals surface area (Å²) in [5, 5.41) is 8.25. The molecule has 4 N–H and O–H groups in total. The van der Waals surface area contributed by atoms with Crippen LogP contribution in [0.25, 0.3) is 0 Å². The first-order valence-electron chi connectivity index (χ1n) is 8.49. The molecule has 0 bridgehead atoms. The van der Waals surface area contributed by atoms with Crippen LogP contribution in [0.1, 0.15) is 19.3 Å². The van der Waals surface area contributed by atoms with Crippen LogP contribution >= 0.6 is 0 Å². The molecule has 1 aliphatic heterocycles. The maximum Gasteiger partial charge on any atom is 0.328 e. The summed E-state index contributed by atoms with van der Waals surface area (Å²) < 4.78 is 5.59. The number of likely N-dealkylation sites (N-methyl/N-ethyl adjacent to an activating group) is 1. The molecule has 1 saturated heterocycles. The predicted octanol–water partition coefficient (Wildman–Crippen LogP) is 3.05. The fourth-order valence-electron chi connectivity index (χ4n) is 2.85. The summed E-state index contributed by atoms with van der Waals surface area (Å²) in [5.41, 5.74) is 12.2. The van der Waals surface area contributed by atoms with Crippen molar-refractivity contribution >= 4 is 29.0 Å². The molecule has 0 spiro atoms. The lowest BCUT2D eigenvalue weighted by atomic mass is 10.0. The van der Waals surface area contributed by atoms with Gasteiger partial charge in [-0.05, 0) is 50.7 Å². The first-order chi connectivity index (χ1) is 12.5. The second kappa shape index (κ2) is 7.92. The molecule has 0 aliphatic carbocycles. The van der Waals surface area contributed by atoms with Gasteiger partial charge in [0.2, 0.25) is 0 Å². The molecule has 0 amide bonds. The zero-order valence-electron chi connectivity index (χ0n) is 14.6. The Bertz CT molecular complexity index is 823. The lowest BCUT2D eigenvalue weighted by Gasteiger charge is -2.30. The Balaban J connectivity index is 1.77. The minimum atomic E-state index is -0.275. The normalized spacial score (nSPS) is 18.1. The number of carbonyl (C=O) groups excluding carboxylic acids is 1. The van der Waals surface area contributed by atoms with Crippen molar-refractivity contribution in [2.75, 3.05) is 25.1 Å². The smallest absolute Gasteiger partial charge is 0.328 e. The zero-order valence-corrected chi connectivity index (χ0v) is 14.6. The largest absolute Gasteiger partial charge is 0.423 e. The van der Waals surface area contributed by atoms with Crippen molar-refractivity contribution in [1.82, 2.24) is 9.88 Å². The Hall–Kier alpha value is -3.00. The number of pyridine rings is 1. The summed E-state index contributed by atoms with van der Waals surface area (Å²) in [6.07, 6.45) is 2.92. The average molecular weight is 354 g/mol. The third kappa shape index (κ3) is 4.15. The number of hydrogen-bond acceptors (Lipinski definition) is 8. The van der Waals surface area contributed by atoms with E-state index in [9.17, 15) is 4.79 Å². The molecular weight excluding hydrogens is 332 g/mol. The molecule has 0 radical (unpaired) electrons. The van der Waals surface area contributed by atoms with Gasteiger partial charge in [-0.2, -0.15) is 0 Å². The maximum absolute atomic E-state index is 12.5. The summed E-state index contributed by atoms with van der Waals surface area (Å²) >= 11 is 0. The van der Waals surface area contributed by atoms with Crippen LogP contribution in [0, 0.1) is 0 Å². The van der Waals surface area contributed by atoms with Gasteiger partial charge in [-0.15, -0.1) is 10.2 Å². The van der Waals surface area contributed by atoms with Crippen molar-refractivity contribution in [2.24, 2.45) is 10.2 Å². The van der Waals surface area contributed by atoms with Crippen LogP contribution in [0.4, 0.5) is 23.0 Å². The van der Waals surface area contributed by atoms with Gasteiger partial charge in [0.15, 0.2) is 11.6 Å². The number of nitrogen functional groups attached to an aromatic ring is 2. The van der Waals surface area contributed by atoms with E-state index in [0.717, 1.165) is 25.8 Å². The molecule has 0 saturated carbocycles. The van der Waals surface area contributed by atoms with Crippen LogP contribution in [-0.2, 0) is 4.79 Å². The molecule has 26 heavy (non-hydrogen) atoms. The number of benzene rings is 1. The first kappa shape index (κ1) is 17.8. The van der Waals surface area contributed by atoms with E-state index < -0.39 is 0 Å². The van der Waals surface area contributed by atoms with Gasteiger partial charge in [-0.1, -0.05) is 18.6 Å². The molecule has 1 unspecified atom stereocenters. The van der Waals surface area contributed by atoms with Gasteiger partial charge in [-0.3, -0.25) is 4.90 Å². The monoisotopic (exact) mass is 354 g/mol. The Morgan fingerprint density at radius 3 is 2.69 bits per heavy atom. The molecule has 1 aromatic heterocycles. The Labute approximate surface area is 151 Å². The van der Waals surface area contributed by atoms with Crippen molar-refractivity contribution in [3.05, 3.63) is 36.4 Å². The number of ether oxygens (including phenoxy) is 1. The molecular formula is C18H22N6O2. The lowest BCUT2D eigenvalue weighted by Crippen LogP contribution is -2.44. The Morgan fingerprint density at radius 2 is 1.92 bits per heavy atom. The van der Waals surface area contributed by atoms with E-state index >= 15 is 0 Å². The molecule has 1 aromatic carbocycles. The molecule has 136 valence electrons. The maximum atomic E-state index is 12.5. The Kier molecular flexibility index (Phi) is 5.43. The highest BCUT2D eigenvalue weighted by Gasteiger charge is 2.28. The number of likely N-dealkylation sites (tertiary alicyclic amines) is 1. The number of nitrogens with zero attached hydrogens (tertiary/aromatic N) is 4. The number of azo groups is 1. The van der Waals surface area contributed by atoms with Crippen LogP contribution in [0.15, 0.2) is 46.6 Å². The number of esters is 1. The van der Waals surface area contributed by atoms with E-state index in [1.165, 1.54) is 0 Å². The number of carbonyl (C=O) groups is 1. The number of para-hydroxylation sites is 1. The molecule has 8 nitrogen and oxygen atoms in total. The second-order valence-corrected chi connectivity index (χ2v) is 6.22. The number of anilines is 2. The van der Waals surface area contributed by atoms with Gasteiger partial charge in [0.1, 0.15) is 23.2 Å². The van der Waals surface area contributed by atoms with Gasteiger partial charge in [0, 0.05) is 0 Å². The van der Waals surface area contributed by atoms with Crippen LogP contribution in [0.3, 0.4) is 0 Å². The van der Waals surface area contributed by atoms with Crippen LogP contribution in [0.5, 0.6) is 5.75 Å². The van der Waals surface area contributed by atoms with Crippen LogP contribution < -0.4 is 16.2 Å². The van der Waals surface area contributed by atoms with Crippen molar-refractivity contribution in [3.63, 3.8) is 0 Å². The van der Waals surface area contributed by atoms with E-state index in [4.69, 9.17) is 16.2 Å². The third-order valence-electron chi connectivity index (χ3n) is 4.31. The van der Waals surface area contributed by atoms with Crippen LogP contribution in [-0.4, -0.2) is 35.5 Å². The molecule has 2 aromatic rings. The van der Waals surface area contributed by atoms with E-state index in [-0.39, 0.29) is 17.8 Å². The van der Waals surface area contributed by atoms with Crippen molar-refractivity contribution in [1.29, 1.82) is 0 Å². The fraction of sp³-hybridized carbons (Fsp3) is 0.333. The number of hydrogen-bond donors (Lipinski definition) is 2. The SMILES string of the molecule is CN1CCCCC1C(=O)Oc1ccccc1N=Nc1ccc(N)nc1N. The van der Waals surface area contributed by atoms with Gasteiger partial charge < -0.3 is 16.2 Å². The van der Waals surface area contributed by atoms with E-state index in [1.54, 1.807) is 36.4 Å². The number of nitrogens with two attached hydrogens (primary N) is 2. The lowest BCUT2D eigenvalue weighted by molar-refractivity contribution is -0.141. The van der Waals surface area contributed by atoms with Crippen LogP contribution in [0.2, 0.25) is 0 Å². The zero-order chi connectivity index (χ0) is 18.5. The summed E-state index contributed by atoms with van der Waals surface area (Å²) in [5.74, 6) is 0.588. The van der Waals surface area contributed by atoms with Gasteiger partial charge in [-0.25, -0.2) is 9.78 Å². The quantitative estimate of drug-likeness (QED) is 0.495. The average Bonchev–Trinajstić information content (AvgIpc) is 2.62. The Morgan fingerprint density at radius 1 is 1.15 bits per heavy atom. The highest BCUT2D eigenvalue weighted by atomic mass is 16.5. The standard InChI is InChI=1S/C18H22N6O2/c1-24-11-5-4-7-14(24)18(25)26-15-8-3-2-6-12(15)22-23-13-9-10-16(19)21-17(13)20/h2-3,6,8-10,14H,4-5,7,11H2,1H3,(H4,19,20,21). The molecule has 1 fully saturated rings. The van der Waals surface area contributed by atoms with Crippen molar-refractivity contribution in [2.45, 2.75) is 25.3 Å². The molecule has 1 aliphatic rings. The van der Waals surface area contributed by atoms with Crippen molar-refractivity contribution < 1.29 is 9.53 Å². The van der Waals surface area contributed by atoms with Gasteiger partial charge >= 0.3 is 5.97 Å². The van der Waals surface area contributed by atoms with Gasteiger partial charge in [0.25, 0.3) is 0 Å². The molecule has 3 rings (SSSR count). The number of aromatic nitrogens is 1. The van der Waals surface area contributed by atoms with Gasteiger partial charge in [0.05, 0.1) is 0 Å². The minimum absolute atomic E-state index is 0.187. The second-order valence-electron chi connectivity index (χ2n) is 6.22. The highest BCUT2D eigenvalue weighted by Crippen LogP contribution is 2.31. The summed E-state index contributed by atoms with van der Waals surface area (Å²) in [7, 11) is 1.94. The summed E-state index contributed by atoms with van der Waals surface area (Å²) in [6.45, 7) is 0.893. The van der Waals surface area contributed by atoms with E-state index in [2.05, 4.69) is 15.2 Å². The summed E-state index contributed by atoms with van der Waals surface area (Å²) in [6, 6.07) is 9.99. The predicted molar refractivity (Wildman–Crippen MR) is 99.6 cm³/mol. The van der Waals surface area contributed by atoms with E-state index in [1.807, 2.05) is 11.9 Å². The first-order valence-corrected chi connectivity index (χ1v) is 8.49. The summed E-state index contributed by atoms with van der Waals surface area (Å²) in [4.78, 5) is 18.5. The highest BCUT2D eigenvalue weighted by molar-refractivity contribution is 5.79. The minimum Gasteiger partial charge on any atom is -0.423 e. The van der Waals surface area contributed by atoms with Crippen molar-refractivity contribution in [3.8, 4) is 5.75 Å². The van der Waals surface area contributed by atoms with E-state index in [0.29, 0.717) is 22.9 Å². The topological polar surface area (TPSA) is 119 Å². The number of piperidine rings is 1. The third-order valence-corrected chi connectivity index (χ3v) is 4.31. The number of rotatable bonds is 4.